The number of likely N-dealkylation sites (N-methyl/N-ethyl adjacent to an activating group) is 1. The normalized spacial score (nSPS) is 15.4. The smallest absolute Gasteiger partial charge is 0.338 e. The lowest BCUT2D eigenvalue weighted by atomic mass is 9.83. The number of ether oxygens (including phenoxy) is 1. The predicted octanol–water partition coefficient (Wildman–Crippen LogP) is 4.97. The third kappa shape index (κ3) is 5.27. The van der Waals surface area contributed by atoms with Gasteiger partial charge >= 0.3 is 5.97 Å². The van der Waals surface area contributed by atoms with Crippen LogP contribution in [-0.4, -0.2) is 33.8 Å². The molecule has 0 atom stereocenters. The van der Waals surface area contributed by atoms with Crippen LogP contribution in [0.1, 0.15) is 35.3 Å². The first-order valence-corrected chi connectivity index (χ1v) is 13.0. The highest BCUT2D eigenvalue weighted by atomic mass is 32.2. The Balaban J connectivity index is 1.39. The third-order valence-corrected chi connectivity index (χ3v) is 7.92. The number of allylic oxidation sites excluding steroid dienone is 1. The lowest BCUT2D eigenvalue weighted by molar-refractivity contribution is -0.117. The molecule has 3 aromatic carbocycles. The van der Waals surface area contributed by atoms with Crippen molar-refractivity contribution in [2.45, 2.75) is 31.1 Å². The average Bonchev–Trinajstić information content (AvgIpc) is 3.03. The molecule has 9 heteroatoms. The van der Waals surface area contributed by atoms with E-state index in [-0.39, 0.29) is 32.9 Å². The summed E-state index contributed by atoms with van der Waals surface area (Å²) in [6, 6.07) is 16.9. The molecule has 192 valence electrons. The molecule has 1 N–H and O–H groups in total. The summed E-state index contributed by atoms with van der Waals surface area (Å²) >= 11 is 0. The van der Waals surface area contributed by atoms with Crippen molar-refractivity contribution in [3.8, 4) is 0 Å². The molecular formula is C28H27FN2O5S. The van der Waals surface area contributed by atoms with Crippen molar-refractivity contribution in [2.75, 3.05) is 23.3 Å². The van der Waals surface area contributed by atoms with E-state index in [2.05, 4.69) is 4.72 Å². The number of hydrogen-bond acceptors (Lipinski definition) is 6. The predicted molar refractivity (Wildman–Crippen MR) is 140 cm³/mol. The van der Waals surface area contributed by atoms with Crippen LogP contribution in [-0.2, 0) is 25.0 Å². The van der Waals surface area contributed by atoms with E-state index in [0.717, 1.165) is 29.1 Å². The molecule has 1 heterocycles. The van der Waals surface area contributed by atoms with Crippen LogP contribution in [0.15, 0.2) is 83.4 Å². The molecule has 7 nitrogen and oxygen atoms in total. The van der Waals surface area contributed by atoms with E-state index in [4.69, 9.17) is 4.74 Å². The highest BCUT2D eigenvalue weighted by Crippen LogP contribution is 2.46. The molecular weight excluding hydrogens is 495 g/mol. The van der Waals surface area contributed by atoms with Gasteiger partial charge in [-0.05, 0) is 66.6 Å². The van der Waals surface area contributed by atoms with Crippen LogP contribution < -0.4 is 9.62 Å². The van der Waals surface area contributed by atoms with Gasteiger partial charge in [-0.15, -0.1) is 0 Å². The monoisotopic (exact) mass is 522 g/mol. The fourth-order valence-corrected chi connectivity index (χ4v) is 5.76. The number of anilines is 2. The van der Waals surface area contributed by atoms with Gasteiger partial charge in [0.2, 0.25) is 0 Å². The van der Waals surface area contributed by atoms with Crippen LogP contribution in [0.2, 0.25) is 0 Å². The Kier molecular flexibility index (Phi) is 6.92. The maximum absolute atomic E-state index is 13.3. The fraction of sp³-hybridized carbons (Fsp3) is 0.214. The molecule has 0 saturated carbocycles. The van der Waals surface area contributed by atoms with Gasteiger partial charge in [-0.3, -0.25) is 9.52 Å². The lowest BCUT2D eigenvalue weighted by Gasteiger charge is -2.23. The number of benzene rings is 3. The Morgan fingerprint density at radius 1 is 1.05 bits per heavy atom. The second-order valence-corrected chi connectivity index (χ2v) is 11.0. The number of nitrogens with one attached hydrogen (secondary N) is 1. The molecule has 0 saturated heterocycles. The number of aryl methyl sites for hydroxylation is 1. The summed E-state index contributed by atoms with van der Waals surface area (Å²) in [5.74, 6) is -1.59. The van der Waals surface area contributed by atoms with Gasteiger partial charge in [0, 0.05) is 35.6 Å². The van der Waals surface area contributed by atoms with Gasteiger partial charge in [0.25, 0.3) is 10.0 Å². The number of rotatable bonds is 7. The SMILES string of the molecule is Cc1cc(F)ccc1S(=O)(=O)Nc1ccc(C(=O)OCC(=O)C=C2N(C)c3ccccc3C2(C)C)cc1. The van der Waals surface area contributed by atoms with E-state index in [1.54, 1.807) is 0 Å². The Morgan fingerprint density at radius 2 is 1.73 bits per heavy atom. The van der Waals surface area contributed by atoms with Crippen molar-refractivity contribution < 1.29 is 27.1 Å². The molecule has 3 aromatic rings. The molecule has 1 aliphatic heterocycles. The second-order valence-electron chi connectivity index (χ2n) is 9.37. The van der Waals surface area contributed by atoms with Crippen molar-refractivity contribution >= 4 is 33.2 Å². The Morgan fingerprint density at radius 3 is 2.38 bits per heavy atom. The van der Waals surface area contributed by atoms with E-state index >= 15 is 0 Å². The van der Waals surface area contributed by atoms with E-state index in [0.29, 0.717) is 0 Å². The topological polar surface area (TPSA) is 92.8 Å². The molecule has 0 aromatic heterocycles. The first-order valence-electron chi connectivity index (χ1n) is 11.5. The summed E-state index contributed by atoms with van der Waals surface area (Å²) in [7, 11) is -2.05. The lowest BCUT2D eigenvalue weighted by Crippen LogP contribution is -2.25. The van der Waals surface area contributed by atoms with Crippen LogP contribution in [0.4, 0.5) is 15.8 Å². The fourth-order valence-electron chi connectivity index (χ4n) is 4.47. The largest absolute Gasteiger partial charge is 0.454 e. The van der Waals surface area contributed by atoms with E-state index < -0.39 is 28.4 Å². The zero-order chi connectivity index (χ0) is 27.0. The van der Waals surface area contributed by atoms with Crippen molar-refractivity contribution in [3.05, 3.63) is 101 Å². The molecule has 0 fully saturated rings. The summed E-state index contributed by atoms with van der Waals surface area (Å²) in [5.41, 5.74) is 3.21. The number of para-hydroxylation sites is 1. The Labute approximate surface area is 215 Å². The minimum absolute atomic E-state index is 0.0517. The molecule has 0 spiro atoms. The van der Waals surface area contributed by atoms with Gasteiger partial charge < -0.3 is 9.64 Å². The minimum Gasteiger partial charge on any atom is -0.454 e. The standard InChI is InChI=1S/C28H27FN2O5S/c1-18-15-20(29)11-14-25(18)37(34,35)30-21-12-9-19(10-13-21)27(33)36-17-22(32)16-26-28(2,3)23-7-5-6-8-24(23)31(26)4/h5-16,30H,17H2,1-4H3. The maximum atomic E-state index is 13.3. The van der Waals surface area contributed by atoms with Gasteiger partial charge in [0.05, 0.1) is 10.5 Å². The molecule has 0 radical (unpaired) electrons. The second kappa shape index (κ2) is 9.82. The first kappa shape index (κ1) is 26.1. The van der Waals surface area contributed by atoms with Gasteiger partial charge in [0.15, 0.2) is 12.4 Å². The summed E-state index contributed by atoms with van der Waals surface area (Å²) in [6.45, 7) is 5.14. The highest BCUT2D eigenvalue weighted by molar-refractivity contribution is 7.92. The number of ketones is 1. The molecule has 0 unspecified atom stereocenters. The van der Waals surface area contributed by atoms with Crippen LogP contribution >= 0.6 is 0 Å². The van der Waals surface area contributed by atoms with E-state index in [1.165, 1.54) is 43.3 Å². The number of esters is 1. The quantitative estimate of drug-likeness (QED) is 0.348. The maximum Gasteiger partial charge on any atom is 0.338 e. The highest BCUT2D eigenvalue weighted by Gasteiger charge is 2.38. The van der Waals surface area contributed by atoms with Gasteiger partial charge in [0.1, 0.15) is 5.82 Å². The zero-order valence-electron chi connectivity index (χ0n) is 20.9. The summed E-state index contributed by atoms with van der Waals surface area (Å²) < 4.78 is 46.2. The molecule has 1 aliphatic rings. The molecule has 0 aliphatic carbocycles. The number of sulfonamides is 1. The van der Waals surface area contributed by atoms with Gasteiger partial charge in [-0.1, -0.05) is 32.0 Å². The number of fused-ring (bicyclic) bond motifs is 1. The zero-order valence-corrected chi connectivity index (χ0v) is 21.7. The number of halogens is 1. The number of carbonyl (C=O) groups excluding carboxylic acids is 2. The number of carbonyl (C=O) groups is 2. The molecule has 0 amide bonds. The number of hydrogen-bond donors (Lipinski definition) is 1. The van der Waals surface area contributed by atoms with Crippen molar-refractivity contribution in [1.29, 1.82) is 0 Å². The summed E-state index contributed by atoms with van der Waals surface area (Å²) in [6.07, 6.45) is 1.50. The minimum atomic E-state index is -3.95. The first-order chi connectivity index (χ1) is 17.4. The third-order valence-electron chi connectivity index (χ3n) is 6.38. The number of nitrogens with zero attached hydrogens (tertiary/aromatic N) is 1. The summed E-state index contributed by atoms with van der Waals surface area (Å²) in [4.78, 5) is 27.0. The van der Waals surface area contributed by atoms with Crippen LogP contribution in [0.3, 0.4) is 0 Å². The Bertz CT molecular complexity index is 1510. The van der Waals surface area contributed by atoms with Crippen molar-refractivity contribution in [3.63, 3.8) is 0 Å². The van der Waals surface area contributed by atoms with Crippen molar-refractivity contribution in [1.82, 2.24) is 0 Å². The Hall–Kier alpha value is -3.98. The summed E-state index contributed by atoms with van der Waals surface area (Å²) in [5, 5.41) is 0. The average molecular weight is 523 g/mol. The van der Waals surface area contributed by atoms with Crippen LogP contribution in [0.5, 0.6) is 0 Å². The van der Waals surface area contributed by atoms with Crippen LogP contribution in [0.25, 0.3) is 0 Å². The van der Waals surface area contributed by atoms with Gasteiger partial charge in [-0.25, -0.2) is 17.6 Å². The van der Waals surface area contributed by atoms with Gasteiger partial charge in [-0.2, -0.15) is 0 Å². The van der Waals surface area contributed by atoms with Crippen LogP contribution in [0, 0.1) is 12.7 Å². The van der Waals surface area contributed by atoms with E-state index in [1.807, 2.05) is 50.1 Å². The molecule has 4 rings (SSSR count). The molecule has 37 heavy (non-hydrogen) atoms. The van der Waals surface area contributed by atoms with Crippen molar-refractivity contribution in [2.24, 2.45) is 0 Å². The molecule has 0 bridgehead atoms. The van der Waals surface area contributed by atoms with E-state index in [9.17, 15) is 22.4 Å².